The average Bonchev–Trinajstić information content (AvgIpc) is 2.54. The first-order chi connectivity index (χ1) is 10.3. The Labute approximate surface area is 127 Å². The van der Waals surface area contributed by atoms with E-state index in [1.54, 1.807) is 7.11 Å². The molecule has 1 heterocycles. The summed E-state index contributed by atoms with van der Waals surface area (Å²) in [5, 5.41) is 2.65. The van der Waals surface area contributed by atoms with Crippen LogP contribution in [0.3, 0.4) is 0 Å². The normalized spacial score (nSPS) is 16.4. The third-order valence-electron chi connectivity index (χ3n) is 4.45. The van der Waals surface area contributed by atoms with Crippen molar-refractivity contribution in [3.63, 3.8) is 0 Å². The number of piperidine rings is 1. The Morgan fingerprint density at radius 1 is 0.905 bits per heavy atom. The lowest BCUT2D eigenvalue weighted by atomic mass is 10.0. The van der Waals surface area contributed by atoms with Crippen LogP contribution in [0.15, 0.2) is 36.4 Å². The van der Waals surface area contributed by atoms with Gasteiger partial charge in [0.25, 0.3) is 0 Å². The molecule has 0 radical (unpaired) electrons. The summed E-state index contributed by atoms with van der Waals surface area (Å²) in [6, 6.07) is 13.5. The van der Waals surface area contributed by atoms with E-state index < -0.39 is 0 Å². The molecule has 1 saturated heterocycles. The second-order valence-electron chi connectivity index (χ2n) is 6.10. The number of ether oxygens (including phenoxy) is 1. The van der Waals surface area contributed by atoms with Crippen LogP contribution in [0, 0.1) is 0 Å². The molecular weight excluding hydrogens is 258 g/mol. The molecule has 1 aliphatic rings. The summed E-state index contributed by atoms with van der Waals surface area (Å²) >= 11 is 0. The van der Waals surface area contributed by atoms with Crippen LogP contribution < -0.4 is 0 Å². The topological polar surface area (TPSA) is 12.5 Å². The van der Waals surface area contributed by atoms with Gasteiger partial charge in [-0.15, -0.1) is 0 Å². The lowest BCUT2D eigenvalue weighted by Gasteiger charge is -2.26. The van der Waals surface area contributed by atoms with E-state index in [0.717, 1.165) is 6.42 Å². The van der Waals surface area contributed by atoms with Gasteiger partial charge in [0, 0.05) is 13.7 Å². The van der Waals surface area contributed by atoms with Gasteiger partial charge in [0.15, 0.2) is 0 Å². The third kappa shape index (κ3) is 3.84. The van der Waals surface area contributed by atoms with Crippen molar-refractivity contribution in [1.82, 2.24) is 4.90 Å². The molecule has 0 aliphatic carbocycles. The first-order valence-corrected chi connectivity index (χ1v) is 8.08. The van der Waals surface area contributed by atoms with Gasteiger partial charge in [-0.05, 0) is 60.3 Å². The Bertz CT molecular complexity index is 587. The molecule has 0 unspecified atom stereocenters. The van der Waals surface area contributed by atoms with Gasteiger partial charge < -0.3 is 9.64 Å². The van der Waals surface area contributed by atoms with Crippen molar-refractivity contribution in [1.29, 1.82) is 0 Å². The molecule has 0 saturated carbocycles. The minimum Gasteiger partial charge on any atom is -0.380 e. The maximum atomic E-state index is 5.23. The summed E-state index contributed by atoms with van der Waals surface area (Å²) in [5.41, 5.74) is 2.70. The average molecular weight is 283 g/mol. The molecule has 1 aliphatic heterocycles. The molecule has 1 fully saturated rings. The summed E-state index contributed by atoms with van der Waals surface area (Å²) < 4.78 is 5.23. The fraction of sp³-hybridized carbons (Fsp3) is 0.474. The number of nitrogens with zero attached hydrogens (tertiary/aromatic N) is 1. The van der Waals surface area contributed by atoms with Gasteiger partial charge in [-0.3, -0.25) is 0 Å². The van der Waals surface area contributed by atoms with Crippen molar-refractivity contribution < 1.29 is 4.74 Å². The second kappa shape index (κ2) is 7.06. The standard InChI is InChI=1S/C19H25NO/c1-21-15-17-6-8-18-7-5-16(13-19(18)14-17)9-12-20-10-3-2-4-11-20/h5-8,13-14H,2-4,9-12,15H2,1H3. The number of rotatable bonds is 5. The lowest BCUT2D eigenvalue weighted by molar-refractivity contribution is 0.185. The maximum absolute atomic E-state index is 5.23. The predicted molar refractivity (Wildman–Crippen MR) is 88.7 cm³/mol. The minimum atomic E-state index is 0.688. The van der Waals surface area contributed by atoms with Crippen molar-refractivity contribution in [2.24, 2.45) is 0 Å². The van der Waals surface area contributed by atoms with Crippen molar-refractivity contribution in [3.05, 3.63) is 47.5 Å². The van der Waals surface area contributed by atoms with Gasteiger partial charge >= 0.3 is 0 Å². The fourth-order valence-electron chi connectivity index (χ4n) is 3.23. The zero-order chi connectivity index (χ0) is 14.5. The van der Waals surface area contributed by atoms with Crippen LogP contribution in [-0.4, -0.2) is 31.6 Å². The van der Waals surface area contributed by atoms with E-state index in [9.17, 15) is 0 Å². The van der Waals surface area contributed by atoms with Crippen LogP contribution in [0.5, 0.6) is 0 Å². The van der Waals surface area contributed by atoms with E-state index in [1.165, 1.54) is 60.8 Å². The van der Waals surface area contributed by atoms with Gasteiger partial charge in [-0.25, -0.2) is 0 Å². The molecular formula is C19H25NO. The predicted octanol–water partition coefficient (Wildman–Crippen LogP) is 4.01. The summed E-state index contributed by atoms with van der Waals surface area (Å²) in [4.78, 5) is 2.61. The van der Waals surface area contributed by atoms with E-state index in [2.05, 4.69) is 41.3 Å². The minimum absolute atomic E-state index is 0.688. The van der Waals surface area contributed by atoms with Crippen LogP contribution in [0.4, 0.5) is 0 Å². The lowest BCUT2D eigenvalue weighted by Crippen LogP contribution is -2.31. The van der Waals surface area contributed by atoms with Gasteiger partial charge in [0.05, 0.1) is 6.61 Å². The molecule has 2 aromatic rings. The molecule has 3 rings (SSSR count). The number of fused-ring (bicyclic) bond motifs is 1. The Morgan fingerprint density at radius 3 is 2.38 bits per heavy atom. The molecule has 112 valence electrons. The van der Waals surface area contributed by atoms with Gasteiger partial charge in [-0.2, -0.15) is 0 Å². The quantitative estimate of drug-likeness (QED) is 0.822. The molecule has 21 heavy (non-hydrogen) atoms. The van der Waals surface area contributed by atoms with E-state index in [1.807, 2.05) is 0 Å². The van der Waals surface area contributed by atoms with E-state index in [4.69, 9.17) is 4.74 Å². The van der Waals surface area contributed by atoms with Crippen molar-refractivity contribution in [2.75, 3.05) is 26.7 Å². The summed E-state index contributed by atoms with van der Waals surface area (Å²) in [5.74, 6) is 0. The SMILES string of the molecule is COCc1ccc2ccc(CCN3CCCCC3)cc2c1. The highest BCUT2D eigenvalue weighted by atomic mass is 16.5. The highest BCUT2D eigenvalue weighted by Crippen LogP contribution is 2.19. The molecule has 2 aromatic carbocycles. The Balaban J connectivity index is 1.69. The summed E-state index contributed by atoms with van der Waals surface area (Å²) in [6.45, 7) is 4.45. The van der Waals surface area contributed by atoms with Crippen molar-refractivity contribution in [3.8, 4) is 0 Å². The van der Waals surface area contributed by atoms with E-state index >= 15 is 0 Å². The number of methoxy groups -OCH3 is 1. The Hall–Kier alpha value is -1.38. The fourth-order valence-corrected chi connectivity index (χ4v) is 3.23. The molecule has 0 N–H and O–H groups in total. The smallest absolute Gasteiger partial charge is 0.0713 e. The van der Waals surface area contributed by atoms with Gasteiger partial charge in [0.2, 0.25) is 0 Å². The first kappa shape index (κ1) is 14.6. The molecule has 0 atom stereocenters. The van der Waals surface area contributed by atoms with E-state index in [0.29, 0.717) is 6.61 Å². The molecule has 0 bridgehead atoms. The largest absolute Gasteiger partial charge is 0.380 e. The van der Waals surface area contributed by atoms with Crippen LogP contribution in [0.25, 0.3) is 10.8 Å². The van der Waals surface area contributed by atoms with Gasteiger partial charge in [0.1, 0.15) is 0 Å². The second-order valence-corrected chi connectivity index (χ2v) is 6.10. The van der Waals surface area contributed by atoms with Crippen LogP contribution in [0.2, 0.25) is 0 Å². The first-order valence-electron chi connectivity index (χ1n) is 8.08. The van der Waals surface area contributed by atoms with Crippen molar-refractivity contribution >= 4 is 10.8 Å². The zero-order valence-electron chi connectivity index (χ0n) is 13.0. The molecule has 2 heteroatoms. The number of benzene rings is 2. The van der Waals surface area contributed by atoms with Crippen LogP contribution in [-0.2, 0) is 17.8 Å². The summed E-state index contributed by atoms with van der Waals surface area (Å²) in [6.07, 6.45) is 5.31. The Kier molecular flexibility index (Phi) is 4.89. The van der Waals surface area contributed by atoms with Crippen LogP contribution in [0.1, 0.15) is 30.4 Å². The zero-order valence-corrected chi connectivity index (χ0v) is 13.0. The molecule has 0 aromatic heterocycles. The monoisotopic (exact) mass is 283 g/mol. The number of hydrogen-bond acceptors (Lipinski definition) is 2. The van der Waals surface area contributed by atoms with Crippen LogP contribution >= 0.6 is 0 Å². The Morgan fingerprint density at radius 2 is 1.62 bits per heavy atom. The van der Waals surface area contributed by atoms with E-state index in [-0.39, 0.29) is 0 Å². The number of likely N-dealkylation sites (tertiary alicyclic amines) is 1. The molecule has 2 nitrogen and oxygen atoms in total. The number of hydrogen-bond donors (Lipinski definition) is 0. The summed E-state index contributed by atoms with van der Waals surface area (Å²) in [7, 11) is 1.75. The van der Waals surface area contributed by atoms with Crippen molar-refractivity contribution in [2.45, 2.75) is 32.3 Å². The molecule has 0 amide bonds. The third-order valence-corrected chi connectivity index (χ3v) is 4.45. The van der Waals surface area contributed by atoms with Gasteiger partial charge in [-0.1, -0.05) is 36.8 Å². The molecule has 0 spiro atoms. The maximum Gasteiger partial charge on any atom is 0.0713 e. The highest BCUT2D eigenvalue weighted by Gasteiger charge is 2.09. The highest BCUT2D eigenvalue weighted by molar-refractivity contribution is 5.83.